The molecule has 0 N–H and O–H groups in total. The van der Waals surface area contributed by atoms with Gasteiger partial charge < -0.3 is 4.74 Å². The van der Waals surface area contributed by atoms with E-state index in [1.807, 2.05) is 54.6 Å². The smallest absolute Gasteiger partial charge is 0.276 e. The van der Waals surface area contributed by atoms with Gasteiger partial charge in [-0.25, -0.2) is 4.99 Å². The Morgan fingerprint density at radius 1 is 1.03 bits per heavy atom. The Hall–Kier alpha value is -3.91. The van der Waals surface area contributed by atoms with Crippen molar-refractivity contribution in [2.75, 3.05) is 7.11 Å². The molecule has 1 aliphatic heterocycles. The number of aliphatic imine (C=N–C) groups is 1. The number of benzene rings is 3. The lowest BCUT2D eigenvalue weighted by molar-refractivity contribution is -0.385. The first kappa shape index (κ1) is 21.3. The van der Waals surface area contributed by atoms with Crippen LogP contribution in [0.2, 0.25) is 0 Å². The molecular formula is C24H19N3O4S. The van der Waals surface area contributed by atoms with E-state index in [1.54, 1.807) is 36.3 Å². The summed E-state index contributed by atoms with van der Waals surface area (Å²) < 4.78 is 5.20. The van der Waals surface area contributed by atoms with Gasteiger partial charge in [-0.2, -0.15) is 0 Å². The Morgan fingerprint density at radius 3 is 2.41 bits per heavy atom. The van der Waals surface area contributed by atoms with E-state index >= 15 is 0 Å². The van der Waals surface area contributed by atoms with Gasteiger partial charge in [0.2, 0.25) is 0 Å². The number of methoxy groups -OCH3 is 1. The van der Waals surface area contributed by atoms with Crippen molar-refractivity contribution in [3.8, 4) is 5.75 Å². The van der Waals surface area contributed by atoms with E-state index in [0.29, 0.717) is 22.2 Å². The van der Waals surface area contributed by atoms with Gasteiger partial charge in [0.1, 0.15) is 5.75 Å². The maximum atomic E-state index is 13.3. The van der Waals surface area contributed by atoms with Crippen LogP contribution in [0.15, 0.2) is 88.8 Å². The Bertz CT molecular complexity index is 1210. The van der Waals surface area contributed by atoms with Crippen LogP contribution in [-0.4, -0.2) is 28.0 Å². The molecule has 32 heavy (non-hydrogen) atoms. The van der Waals surface area contributed by atoms with Crippen LogP contribution in [0.1, 0.15) is 11.1 Å². The second-order valence-corrected chi connectivity index (χ2v) is 7.90. The molecular weight excluding hydrogens is 426 g/mol. The topological polar surface area (TPSA) is 85.0 Å². The second kappa shape index (κ2) is 9.49. The van der Waals surface area contributed by atoms with Crippen molar-refractivity contribution in [1.29, 1.82) is 0 Å². The fourth-order valence-electron chi connectivity index (χ4n) is 3.17. The summed E-state index contributed by atoms with van der Waals surface area (Å²) in [5, 5.41) is 11.9. The molecule has 1 fully saturated rings. The molecule has 0 spiro atoms. The van der Waals surface area contributed by atoms with E-state index in [4.69, 9.17) is 4.74 Å². The van der Waals surface area contributed by atoms with Crippen molar-refractivity contribution in [2.24, 2.45) is 4.99 Å². The number of carbonyl (C=O) groups excluding carboxylic acids is 1. The van der Waals surface area contributed by atoms with Crippen molar-refractivity contribution in [3.63, 3.8) is 0 Å². The van der Waals surface area contributed by atoms with Gasteiger partial charge in [0.05, 0.1) is 34.7 Å². The molecule has 0 saturated carbocycles. The van der Waals surface area contributed by atoms with Gasteiger partial charge in [-0.15, -0.1) is 0 Å². The Kier molecular flexibility index (Phi) is 6.32. The van der Waals surface area contributed by atoms with Crippen molar-refractivity contribution in [2.45, 2.75) is 6.54 Å². The van der Waals surface area contributed by atoms with E-state index in [0.717, 1.165) is 17.0 Å². The number of hydrogen-bond acceptors (Lipinski definition) is 6. The maximum absolute atomic E-state index is 13.3. The minimum Gasteiger partial charge on any atom is -0.497 e. The number of nitro benzene ring substituents is 1. The summed E-state index contributed by atoms with van der Waals surface area (Å²) in [5.74, 6) is 0.477. The summed E-state index contributed by atoms with van der Waals surface area (Å²) in [7, 11) is 1.60. The van der Waals surface area contributed by atoms with E-state index < -0.39 is 4.92 Å². The lowest BCUT2D eigenvalue weighted by atomic mass is 10.1. The summed E-state index contributed by atoms with van der Waals surface area (Å²) in [4.78, 5) is 30.8. The predicted octanol–water partition coefficient (Wildman–Crippen LogP) is 5.41. The third-order valence-electron chi connectivity index (χ3n) is 4.79. The van der Waals surface area contributed by atoms with Gasteiger partial charge in [-0.3, -0.25) is 19.8 Å². The molecule has 0 atom stereocenters. The number of rotatable bonds is 6. The monoisotopic (exact) mass is 445 g/mol. The molecule has 0 radical (unpaired) electrons. The van der Waals surface area contributed by atoms with Gasteiger partial charge >= 0.3 is 0 Å². The maximum Gasteiger partial charge on any atom is 0.276 e. The highest BCUT2D eigenvalue weighted by molar-refractivity contribution is 8.18. The molecule has 0 unspecified atom stereocenters. The zero-order valence-corrected chi connectivity index (χ0v) is 18.0. The normalized spacial score (nSPS) is 16.0. The second-order valence-electron chi connectivity index (χ2n) is 6.90. The minimum atomic E-state index is -0.454. The number of ether oxygens (including phenoxy) is 1. The minimum absolute atomic E-state index is 0.0523. The molecule has 0 aromatic heterocycles. The number of amidine groups is 1. The fourth-order valence-corrected chi connectivity index (χ4v) is 4.16. The van der Waals surface area contributed by atoms with Crippen LogP contribution < -0.4 is 4.74 Å². The first-order valence-corrected chi connectivity index (χ1v) is 10.6. The average Bonchev–Trinajstić information content (AvgIpc) is 3.09. The van der Waals surface area contributed by atoms with E-state index in [9.17, 15) is 14.9 Å². The SMILES string of the molecule is COc1ccc(CN2C(=O)/C(=C\c3ccccc3[N+](=O)[O-])SC2=Nc2ccccc2)cc1. The van der Waals surface area contributed by atoms with Crippen LogP contribution in [0.4, 0.5) is 11.4 Å². The standard InChI is InChI=1S/C24H19N3O4S/c1-31-20-13-11-17(12-14-20)16-26-23(28)22(15-18-7-5-6-10-21(18)27(29)30)32-24(26)25-19-8-3-2-4-9-19/h2-15H,16H2,1H3/b22-15+,25-24?. The molecule has 4 rings (SSSR count). The molecule has 1 heterocycles. The predicted molar refractivity (Wildman–Crippen MR) is 126 cm³/mol. The number of hydrogen-bond donors (Lipinski definition) is 0. The van der Waals surface area contributed by atoms with Crippen molar-refractivity contribution >= 4 is 40.3 Å². The molecule has 0 aliphatic carbocycles. The molecule has 160 valence electrons. The van der Waals surface area contributed by atoms with E-state index in [1.165, 1.54) is 17.8 Å². The highest BCUT2D eigenvalue weighted by atomic mass is 32.2. The summed E-state index contributed by atoms with van der Waals surface area (Å²) in [5.41, 5.74) is 1.95. The quantitative estimate of drug-likeness (QED) is 0.288. The highest BCUT2D eigenvalue weighted by Gasteiger charge is 2.34. The largest absolute Gasteiger partial charge is 0.497 e. The third kappa shape index (κ3) is 4.70. The number of carbonyl (C=O) groups is 1. The number of nitrogens with zero attached hydrogens (tertiary/aromatic N) is 3. The molecule has 7 nitrogen and oxygen atoms in total. The summed E-state index contributed by atoms with van der Waals surface area (Å²) >= 11 is 1.20. The van der Waals surface area contributed by atoms with Gasteiger partial charge in [-0.05, 0) is 53.7 Å². The average molecular weight is 446 g/mol. The van der Waals surface area contributed by atoms with Crippen LogP contribution in [0.5, 0.6) is 5.75 Å². The third-order valence-corrected chi connectivity index (χ3v) is 5.80. The van der Waals surface area contributed by atoms with Gasteiger partial charge in [0.15, 0.2) is 5.17 Å². The van der Waals surface area contributed by atoms with Crippen LogP contribution in [0.25, 0.3) is 6.08 Å². The first-order chi connectivity index (χ1) is 15.5. The fraction of sp³-hybridized carbons (Fsp3) is 0.0833. The lowest BCUT2D eigenvalue weighted by Crippen LogP contribution is -2.28. The van der Waals surface area contributed by atoms with Crippen LogP contribution >= 0.6 is 11.8 Å². The summed E-state index contributed by atoms with van der Waals surface area (Å²) in [6, 6.07) is 23.1. The molecule has 0 bridgehead atoms. The van der Waals surface area contributed by atoms with Gasteiger partial charge in [0.25, 0.3) is 11.6 Å². The summed E-state index contributed by atoms with van der Waals surface area (Å²) in [6.07, 6.45) is 1.56. The zero-order chi connectivity index (χ0) is 22.5. The van der Waals surface area contributed by atoms with Gasteiger partial charge in [0, 0.05) is 6.07 Å². The van der Waals surface area contributed by atoms with Crippen molar-refractivity contribution in [3.05, 3.63) is 105 Å². The zero-order valence-electron chi connectivity index (χ0n) is 17.2. The molecule has 1 amide bonds. The van der Waals surface area contributed by atoms with Crippen LogP contribution in [0, 0.1) is 10.1 Å². The molecule has 3 aromatic rings. The van der Waals surface area contributed by atoms with Crippen LogP contribution in [-0.2, 0) is 11.3 Å². The number of amides is 1. The van der Waals surface area contributed by atoms with Crippen molar-refractivity contribution in [1.82, 2.24) is 4.90 Å². The first-order valence-electron chi connectivity index (χ1n) is 9.76. The van der Waals surface area contributed by atoms with E-state index in [2.05, 4.69) is 4.99 Å². The molecule has 8 heteroatoms. The van der Waals surface area contributed by atoms with Crippen LogP contribution in [0.3, 0.4) is 0 Å². The molecule has 1 saturated heterocycles. The van der Waals surface area contributed by atoms with Gasteiger partial charge in [-0.1, -0.05) is 42.5 Å². The Balaban J connectivity index is 1.71. The lowest BCUT2D eigenvalue weighted by Gasteiger charge is -2.16. The van der Waals surface area contributed by atoms with Crippen molar-refractivity contribution < 1.29 is 14.5 Å². The van der Waals surface area contributed by atoms with E-state index in [-0.39, 0.29) is 11.6 Å². The summed E-state index contributed by atoms with van der Waals surface area (Å²) in [6.45, 7) is 0.315. The Labute approximate surface area is 189 Å². The number of para-hydroxylation sites is 2. The molecule has 1 aliphatic rings. The highest BCUT2D eigenvalue weighted by Crippen LogP contribution is 2.36. The molecule has 3 aromatic carbocycles. The Morgan fingerprint density at radius 2 is 1.72 bits per heavy atom. The number of nitro groups is 1. The number of thioether (sulfide) groups is 1.